The average Bonchev–Trinajstić information content (AvgIpc) is 2.39. The zero-order valence-corrected chi connectivity index (χ0v) is 9.66. The van der Waals surface area contributed by atoms with Crippen molar-refractivity contribution in [3.63, 3.8) is 0 Å². The molecule has 1 saturated heterocycles. The van der Waals surface area contributed by atoms with E-state index >= 15 is 0 Å². The van der Waals surface area contributed by atoms with Crippen LogP contribution in [-0.4, -0.2) is 36.5 Å². The fourth-order valence-electron chi connectivity index (χ4n) is 2.09. The third-order valence-corrected chi connectivity index (χ3v) is 3.42. The summed E-state index contributed by atoms with van der Waals surface area (Å²) in [6.07, 6.45) is 0.694. The highest BCUT2D eigenvalue weighted by molar-refractivity contribution is 4.85. The Morgan fingerprint density at radius 3 is 2.36 bits per heavy atom. The van der Waals surface area contributed by atoms with Gasteiger partial charge >= 0.3 is 0 Å². The van der Waals surface area contributed by atoms with Crippen molar-refractivity contribution in [2.75, 3.05) is 13.2 Å². The van der Waals surface area contributed by atoms with Crippen molar-refractivity contribution < 1.29 is 9.84 Å². The second-order valence-electron chi connectivity index (χ2n) is 4.56. The molecule has 3 nitrogen and oxygen atoms in total. The standard InChI is InChI=1S/C11H23NO2/c1-7(6-13)12-5-11-8(2)9(3)14-10(11)4/h7-13H,5-6H2,1-4H3. The Morgan fingerprint density at radius 1 is 1.29 bits per heavy atom. The van der Waals surface area contributed by atoms with Crippen molar-refractivity contribution in [3.05, 3.63) is 0 Å². The lowest BCUT2D eigenvalue weighted by Gasteiger charge is -2.21. The summed E-state index contributed by atoms with van der Waals surface area (Å²) in [6.45, 7) is 9.64. The van der Waals surface area contributed by atoms with E-state index in [0.717, 1.165) is 6.54 Å². The minimum Gasteiger partial charge on any atom is -0.395 e. The summed E-state index contributed by atoms with van der Waals surface area (Å²) in [6, 6.07) is 0.185. The first-order chi connectivity index (χ1) is 6.56. The van der Waals surface area contributed by atoms with Gasteiger partial charge in [-0.1, -0.05) is 6.92 Å². The van der Waals surface area contributed by atoms with Crippen molar-refractivity contribution in [3.8, 4) is 0 Å². The Balaban J connectivity index is 2.36. The Morgan fingerprint density at radius 2 is 1.93 bits per heavy atom. The van der Waals surface area contributed by atoms with E-state index in [1.165, 1.54) is 0 Å². The number of hydrogen-bond acceptors (Lipinski definition) is 3. The Hall–Kier alpha value is -0.120. The van der Waals surface area contributed by atoms with Gasteiger partial charge in [0, 0.05) is 18.5 Å². The molecular weight excluding hydrogens is 178 g/mol. The maximum Gasteiger partial charge on any atom is 0.0594 e. The van der Waals surface area contributed by atoms with Crippen LogP contribution in [0.1, 0.15) is 27.7 Å². The molecule has 0 aromatic heterocycles. The van der Waals surface area contributed by atoms with Gasteiger partial charge in [-0.05, 0) is 26.7 Å². The number of aliphatic hydroxyl groups is 1. The van der Waals surface area contributed by atoms with Crippen molar-refractivity contribution in [1.82, 2.24) is 5.32 Å². The Bertz CT molecular complexity index is 175. The molecule has 5 unspecified atom stereocenters. The predicted octanol–water partition coefficient (Wildman–Crippen LogP) is 1.02. The van der Waals surface area contributed by atoms with Gasteiger partial charge < -0.3 is 15.2 Å². The van der Waals surface area contributed by atoms with E-state index in [0.29, 0.717) is 24.0 Å². The van der Waals surface area contributed by atoms with E-state index in [9.17, 15) is 0 Å². The highest BCUT2D eigenvalue weighted by Gasteiger charge is 2.36. The maximum atomic E-state index is 8.90. The van der Waals surface area contributed by atoms with Gasteiger partial charge in [0.2, 0.25) is 0 Å². The van der Waals surface area contributed by atoms with Gasteiger partial charge in [-0.2, -0.15) is 0 Å². The largest absolute Gasteiger partial charge is 0.395 e. The normalized spacial score (nSPS) is 40.1. The zero-order chi connectivity index (χ0) is 10.7. The van der Waals surface area contributed by atoms with Gasteiger partial charge in [-0.3, -0.25) is 0 Å². The van der Waals surface area contributed by atoms with Crippen LogP contribution >= 0.6 is 0 Å². The lowest BCUT2D eigenvalue weighted by molar-refractivity contribution is 0.0508. The number of nitrogens with one attached hydrogen (secondary N) is 1. The zero-order valence-electron chi connectivity index (χ0n) is 9.66. The van der Waals surface area contributed by atoms with Gasteiger partial charge in [0.05, 0.1) is 18.8 Å². The molecule has 84 valence electrons. The average molecular weight is 201 g/mol. The van der Waals surface area contributed by atoms with E-state index < -0.39 is 0 Å². The number of rotatable bonds is 4. The van der Waals surface area contributed by atoms with Crippen molar-refractivity contribution in [1.29, 1.82) is 0 Å². The third-order valence-electron chi connectivity index (χ3n) is 3.42. The summed E-state index contributed by atoms with van der Waals surface area (Å²) in [4.78, 5) is 0. The molecule has 0 aromatic rings. The van der Waals surface area contributed by atoms with Crippen LogP contribution in [0, 0.1) is 11.8 Å². The smallest absolute Gasteiger partial charge is 0.0594 e. The van der Waals surface area contributed by atoms with E-state index in [4.69, 9.17) is 9.84 Å². The molecule has 0 saturated carbocycles. The number of ether oxygens (including phenoxy) is 1. The van der Waals surface area contributed by atoms with Gasteiger partial charge in [-0.15, -0.1) is 0 Å². The SMILES string of the molecule is CC(CO)NCC1C(C)OC(C)C1C. The Kier molecular flexibility index (Phi) is 4.35. The number of aliphatic hydroxyl groups excluding tert-OH is 1. The molecule has 5 atom stereocenters. The lowest BCUT2D eigenvalue weighted by atomic mass is 9.89. The minimum absolute atomic E-state index is 0.185. The van der Waals surface area contributed by atoms with E-state index in [1.54, 1.807) is 0 Å². The van der Waals surface area contributed by atoms with Crippen molar-refractivity contribution in [2.24, 2.45) is 11.8 Å². The number of hydrogen-bond donors (Lipinski definition) is 2. The first-order valence-electron chi connectivity index (χ1n) is 5.56. The molecule has 1 rings (SSSR count). The molecule has 1 aliphatic rings. The second-order valence-corrected chi connectivity index (χ2v) is 4.56. The fourth-order valence-corrected chi connectivity index (χ4v) is 2.09. The van der Waals surface area contributed by atoms with Crippen LogP contribution in [0.15, 0.2) is 0 Å². The van der Waals surface area contributed by atoms with Crippen LogP contribution in [0.3, 0.4) is 0 Å². The van der Waals surface area contributed by atoms with Crippen LogP contribution < -0.4 is 5.32 Å². The summed E-state index contributed by atoms with van der Waals surface area (Å²) in [5.41, 5.74) is 0. The predicted molar refractivity (Wildman–Crippen MR) is 57.2 cm³/mol. The summed E-state index contributed by atoms with van der Waals surface area (Å²) < 4.78 is 5.75. The Labute approximate surface area is 86.8 Å². The summed E-state index contributed by atoms with van der Waals surface area (Å²) in [5.74, 6) is 1.17. The monoisotopic (exact) mass is 201 g/mol. The molecule has 0 spiro atoms. The summed E-state index contributed by atoms with van der Waals surface area (Å²) >= 11 is 0. The maximum absolute atomic E-state index is 8.90. The highest BCUT2D eigenvalue weighted by atomic mass is 16.5. The molecule has 0 radical (unpaired) electrons. The molecule has 0 bridgehead atoms. The van der Waals surface area contributed by atoms with Crippen LogP contribution in [0.25, 0.3) is 0 Å². The topological polar surface area (TPSA) is 41.5 Å². The van der Waals surface area contributed by atoms with E-state index in [-0.39, 0.29) is 12.6 Å². The quantitative estimate of drug-likeness (QED) is 0.713. The summed E-state index contributed by atoms with van der Waals surface area (Å²) in [7, 11) is 0. The summed E-state index contributed by atoms with van der Waals surface area (Å²) in [5, 5.41) is 12.2. The molecular formula is C11H23NO2. The van der Waals surface area contributed by atoms with Crippen molar-refractivity contribution in [2.45, 2.75) is 45.9 Å². The van der Waals surface area contributed by atoms with E-state index in [2.05, 4.69) is 26.1 Å². The third kappa shape index (κ3) is 2.69. The van der Waals surface area contributed by atoms with Crippen LogP contribution in [0.5, 0.6) is 0 Å². The van der Waals surface area contributed by atoms with Crippen LogP contribution in [0.4, 0.5) is 0 Å². The van der Waals surface area contributed by atoms with Gasteiger partial charge in [0.15, 0.2) is 0 Å². The fraction of sp³-hybridized carbons (Fsp3) is 1.00. The van der Waals surface area contributed by atoms with Crippen LogP contribution in [-0.2, 0) is 4.74 Å². The second kappa shape index (κ2) is 5.10. The molecule has 2 N–H and O–H groups in total. The lowest BCUT2D eigenvalue weighted by Crippen LogP contribution is -2.37. The molecule has 1 aliphatic heterocycles. The molecule has 1 heterocycles. The minimum atomic E-state index is 0.185. The highest BCUT2D eigenvalue weighted by Crippen LogP contribution is 2.31. The molecule has 0 amide bonds. The van der Waals surface area contributed by atoms with E-state index in [1.807, 2.05) is 6.92 Å². The van der Waals surface area contributed by atoms with Crippen molar-refractivity contribution >= 4 is 0 Å². The molecule has 1 fully saturated rings. The van der Waals surface area contributed by atoms with Gasteiger partial charge in [-0.25, -0.2) is 0 Å². The molecule has 0 aliphatic carbocycles. The molecule has 14 heavy (non-hydrogen) atoms. The molecule has 0 aromatic carbocycles. The van der Waals surface area contributed by atoms with Crippen LogP contribution in [0.2, 0.25) is 0 Å². The first kappa shape index (κ1) is 12.0. The first-order valence-corrected chi connectivity index (χ1v) is 5.56. The molecule has 3 heteroatoms. The van der Waals surface area contributed by atoms with Gasteiger partial charge in [0.25, 0.3) is 0 Å². The van der Waals surface area contributed by atoms with Gasteiger partial charge in [0.1, 0.15) is 0 Å².